The van der Waals surface area contributed by atoms with E-state index in [1.165, 1.54) is 16.8 Å². The number of amides is 1. The number of aromatic nitrogens is 1. The molecule has 0 aliphatic carbocycles. The van der Waals surface area contributed by atoms with Gasteiger partial charge in [0.1, 0.15) is 5.69 Å². The Morgan fingerprint density at radius 2 is 2.21 bits per heavy atom. The van der Waals surface area contributed by atoms with Crippen LogP contribution in [0.4, 0.5) is 5.69 Å². The summed E-state index contributed by atoms with van der Waals surface area (Å²) in [5, 5.41) is 22.5. The van der Waals surface area contributed by atoms with Crippen molar-refractivity contribution < 1.29 is 14.8 Å². The Hall–Kier alpha value is -1.89. The number of aryl methyl sites for hydroxylation is 1. The highest BCUT2D eigenvalue weighted by atomic mass is 16.6. The summed E-state index contributed by atoms with van der Waals surface area (Å²) in [6.07, 6.45) is 1.34. The van der Waals surface area contributed by atoms with Crippen molar-refractivity contribution in [1.82, 2.24) is 9.88 Å². The van der Waals surface area contributed by atoms with Crippen LogP contribution >= 0.6 is 0 Å². The Morgan fingerprint density at radius 3 is 2.68 bits per heavy atom. The zero-order valence-electron chi connectivity index (χ0n) is 11.3. The van der Waals surface area contributed by atoms with Crippen LogP contribution in [-0.4, -0.2) is 33.2 Å². The standard InChI is InChI=1S/C12H19N3O4/c1-4-14-6-10(15(18)19)5-11(14)12(17)13-9(3)8(2)7-16/h5-6,8-9,16H,4,7H2,1-3H3,(H,13,17). The van der Waals surface area contributed by atoms with Gasteiger partial charge >= 0.3 is 0 Å². The average Bonchev–Trinajstić information content (AvgIpc) is 2.81. The van der Waals surface area contributed by atoms with Crippen LogP contribution in [-0.2, 0) is 6.54 Å². The Balaban J connectivity index is 2.90. The van der Waals surface area contributed by atoms with Gasteiger partial charge in [0.2, 0.25) is 0 Å². The number of aliphatic hydroxyl groups excluding tert-OH is 1. The van der Waals surface area contributed by atoms with E-state index >= 15 is 0 Å². The second-order valence-electron chi connectivity index (χ2n) is 4.55. The first-order valence-corrected chi connectivity index (χ1v) is 6.17. The molecule has 0 aliphatic rings. The molecule has 19 heavy (non-hydrogen) atoms. The van der Waals surface area contributed by atoms with E-state index in [0.29, 0.717) is 6.54 Å². The molecule has 2 unspecified atom stereocenters. The summed E-state index contributed by atoms with van der Waals surface area (Å²) >= 11 is 0. The molecule has 7 nitrogen and oxygen atoms in total. The van der Waals surface area contributed by atoms with E-state index in [4.69, 9.17) is 5.11 Å². The molecule has 1 aromatic heterocycles. The molecule has 0 saturated heterocycles. The van der Waals surface area contributed by atoms with Crippen LogP contribution < -0.4 is 5.32 Å². The third-order valence-corrected chi connectivity index (χ3v) is 3.17. The van der Waals surface area contributed by atoms with Crippen LogP contribution in [0.25, 0.3) is 0 Å². The van der Waals surface area contributed by atoms with Crippen LogP contribution in [0.15, 0.2) is 12.3 Å². The van der Waals surface area contributed by atoms with Crippen molar-refractivity contribution in [2.45, 2.75) is 33.4 Å². The molecule has 7 heteroatoms. The Morgan fingerprint density at radius 1 is 1.58 bits per heavy atom. The second kappa shape index (κ2) is 6.33. The number of carbonyl (C=O) groups is 1. The van der Waals surface area contributed by atoms with E-state index < -0.39 is 4.92 Å². The molecule has 0 spiro atoms. The molecular weight excluding hydrogens is 250 g/mol. The van der Waals surface area contributed by atoms with Crippen molar-refractivity contribution in [3.8, 4) is 0 Å². The molecular formula is C12H19N3O4. The molecule has 1 aromatic rings. The molecule has 0 radical (unpaired) electrons. The lowest BCUT2D eigenvalue weighted by molar-refractivity contribution is -0.384. The number of nitrogens with one attached hydrogen (secondary N) is 1. The molecule has 2 N–H and O–H groups in total. The number of hydrogen-bond acceptors (Lipinski definition) is 4. The van der Waals surface area contributed by atoms with Crippen molar-refractivity contribution in [3.05, 3.63) is 28.1 Å². The summed E-state index contributed by atoms with van der Waals surface area (Å²) in [6, 6.07) is 1.05. The molecule has 1 heterocycles. The van der Waals surface area contributed by atoms with Crippen LogP contribution in [0.3, 0.4) is 0 Å². The molecule has 0 bridgehead atoms. The highest BCUT2D eigenvalue weighted by Gasteiger charge is 2.21. The first-order chi connectivity index (χ1) is 8.90. The minimum absolute atomic E-state index is 0.0314. The predicted octanol–water partition coefficient (Wildman–Crippen LogP) is 1.16. The fraction of sp³-hybridized carbons (Fsp3) is 0.583. The number of nitro groups is 1. The normalized spacial score (nSPS) is 13.9. The van der Waals surface area contributed by atoms with Crippen LogP contribution in [0, 0.1) is 16.0 Å². The smallest absolute Gasteiger partial charge is 0.287 e. The minimum atomic E-state index is -0.525. The van der Waals surface area contributed by atoms with Gasteiger partial charge < -0.3 is 15.0 Å². The lowest BCUT2D eigenvalue weighted by atomic mass is 10.1. The van der Waals surface area contributed by atoms with E-state index in [9.17, 15) is 14.9 Å². The van der Waals surface area contributed by atoms with Crippen LogP contribution in [0.5, 0.6) is 0 Å². The van der Waals surface area contributed by atoms with E-state index in [1.807, 2.05) is 6.92 Å². The van der Waals surface area contributed by atoms with Gasteiger partial charge in [-0.2, -0.15) is 0 Å². The molecule has 0 saturated carbocycles. The summed E-state index contributed by atoms with van der Waals surface area (Å²) in [6.45, 7) is 5.84. The van der Waals surface area contributed by atoms with E-state index in [0.717, 1.165) is 0 Å². The molecule has 0 aromatic carbocycles. The van der Waals surface area contributed by atoms with Gasteiger partial charge in [-0.3, -0.25) is 14.9 Å². The van der Waals surface area contributed by atoms with Crippen molar-refractivity contribution >= 4 is 11.6 Å². The molecule has 0 fully saturated rings. The molecule has 106 valence electrons. The third kappa shape index (κ3) is 3.54. The Bertz CT molecular complexity index is 470. The number of carbonyl (C=O) groups excluding carboxylic acids is 1. The maximum absolute atomic E-state index is 12.1. The zero-order valence-corrected chi connectivity index (χ0v) is 11.3. The SMILES string of the molecule is CCn1cc([N+](=O)[O-])cc1C(=O)NC(C)C(C)CO. The first-order valence-electron chi connectivity index (χ1n) is 6.17. The Kier molecular flexibility index (Phi) is 5.05. The van der Waals surface area contributed by atoms with Crippen molar-refractivity contribution in [2.24, 2.45) is 5.92 Å². The summed E-state index contributed by atoms with van der Waals surface area (Å²) in [5.74, 6) is -0.452. The monoisotopic (exact) mass is 269 g/mol. The maximum Gasteiger partial charge on any atom is 0.287 e. The van der Waals surface area contributed by atoms with Gasteiger partial charge in [-0.1, -0.05) is 6.92 Å². The highest BCUT2D eigenvalue weighted by molar-refractivity contribution is 5.93. The van der Waals surface area contributed by atoms with Gasteiger partial charge in [0, 0.05) is 25.3 Å². The highest BCUT2D eigenvalue weighted by Crippen LogP contribution is 2.17. The molecule has 1 rings (SSSR count). The fourth-order valence-electron chi connectivity index (χ4n) is 1.63. The van der Waals surface area contributed by atoms with Crippen molar-refractivity contribution in [3.63, 3.8) is 0 Å². The molecule has 1 amide bonds. The summed E-state index contributed by atoms with van der Waals surface area (Å²) in [7, 11) is 0. The van der Waals surface area contributed by atoms with Gasteiger partial charge in [-0.25, -0.2) is 0 Å². The van der Waals surface area contributed by atoms with Gasteiger partial charge in [0.25, 0.3) is 11.6 Å². The fourth-order valence-corrected chi connectivity index (χ4v) is 1.63. The van der Waals surface area contributed by atoms with E-state index in [1.54, 1.807) is 13.8 Å². The quantitative estimate of drug-likeness (QED) is 0.598. The predicted molar refractivity (Wildman–Crippen MR) is 69.9 cm³/mol. The average molecular weight is 269 g/mol. The second-order valence-corrected chi connectivity index (χ2v) is 4.55. The number of nitrogens with zero attached hydrogens (tertiary/aromatic N) is 2. The maximum atomic E-state index is 12.1. The Labute approximate surface area is 111 Å². The largest absolute Gasteiger partial charge is 0.396 e. The van der Waals surface area contributed by atoms with Gasteiger partial charge in [-0.05, 0) is 19.8 Å². The minimum Gasteiger partial charge on any atom is -0.396 e. The summed E-state index contributed by atoms with van der Waals surface area (Å²) < 4.78 is 1.53. The zero-order chi connectivity index (χ0) is 14.6. The first kappa shape index (κ1) is 15.2. The van der Waals surface area contributed by atoms with Crippen LogP contribution in [0.2, 0.25) is 0 Å². The van der Waals surface area contributed by atoms with Crippen molar-refractivity contribution in [2.75, 3.05) is 6.61 Å². The van der Waals surface area contributed by atoms with Gasteiger partial charge in [0.15, 0.2) is 0 Å². The molecule has 0 aliphatic heterocycles. The lowest BCUT2D eigenvalue weighted by Gasteiger charge is -2.19. The third-order valence-electron chi connectivity index (χ3n) is 3.17. The number of aliphatic hydroxyl groups is 1. The van der Waals surface area contributed by atoms with E-state index in [-0.39, 0.29) is 35.9 Å². The molecule has 2 atom stereocenters. The van der Waals surface area contributed by atoms with Gasteiger partial charge in [-0.15, -0.1) is 0 Å². The lowest BCUT2D eigenvalue weighted by Crippen LogP contribution is -2.39. The van der Waals surface area contributed by atoms with E-state index in [2.05, 4.69) is 5.32 Å². The summed E-state index contributed by atoms with van der Waals surface area (Å²) in [4.78, 5) is 22.2. The topological polar surface area (TPSA) is 97.4 Å². The van der Waals surface area contributed by atoms with Crippen molar-refractivity contribution in [1.29, 1.82) is 0 Å². The number of hydrogen-bond donors (Lipinski definition) is 2. The summed E-state index contributed by atoms with van der Waals surface area (Å²) in [5.41, 5.74) is 0.154. The van der Waals surface area contributed by atoms with Gasteiger partial charge in [0.05, 0.1) is 11.1 Å². The van der Waals surface area contributed by atoms with Crippen LogP contribution in [0.1, 0.15) is 31.3 Å². The number of rotatable bonds is 6.